The van der Waals surface area contributed by atoms with E-state index in [1.165, 1.54) is 42.7 Å². The molecule has 1 heterocycles. The van der Waals surface area contributed by atoms with Crippen LogP contribution in [0.4, 0.5) is 0 Å². The first kappa shape index (κ1) is 14.5. The zero-order chi connectivity index (χ0) is 13.3. The minimum atomic E-state index is 0.228. The number of rotatable bonds is 4. The largest absolute Gasteiger partial charge is 0.262 e. The molecule has 1 nitrogen and oxygen atoms in total. The summed E-state index contributed by atoms with van der Waals surface area (Å²) in [5.41, 5.74) is 4.46. The van der Waals surface area contributed by atoms with Gasteiger partial charge in [0.25, 0.3) is 0 Å². The second-order valence-electron chi connectivity index (χ2n) is 6.32. The predicted octanol–water partition coefficient (Wildman–Crippen LogP) is 5.37. The van der Waals surface area contributed by atoms with Crippen molar-refractivity contribution >= 4 is 5.71 Å². The van der Waals surface area contributed by atoms with Gasteiger partial charge in [0, 0.05) is 16.8 Å². The van der Waals surface area contributed by atoms with Crippen LogP contribution in [0.1, 0.15) is 74.1 Å². The number of hydrogen-bond donors (Lipinski definition) is 0. The molecular formula is C16H29N. The number of unbranched alkanes of at least 4 members (excludes halogenated alkanes) is 2. The number of nitrogens with zero attached hydrogens (tertiary/aromatic N) is 1. The lowest BCUT2D eigenvalue weighted by atomic mass is 9.57. The van der Waals surface area contributed by atoms with Crippen LogP contribution in [0.15, 0.2) is 16.3 Å². The van der Waals surface area contributed by atoms with E-state index in [1.807, 2.05) is 0 Å². The second kappa shape index (κ2) is 4.96. The lowest BCUT2D eigenvalue weighted by molar-refractivity contribution is 0.186. The van der Waals surface area contributed by atoms with E-state index in [2.05, 4.69) is 48.5 Å². The van der Waals surface area contributed by atoms with Crippen LogP contribution in [0.3, 0.4) is 0 Å². The fourth-order valence-electron chi connectivity index (χ4n) is 3.00. The van der Waals surface area contributed by atoms with Gasteiger partial charge in [0.2, 0.25) is 0 Å². The van der Waals surface area contributed by atoms with E-state index >= 15 is 0 Å². The van der Waals surface area contributed by atoms with Crippen LogP contribution >= 0.6 is 0 Å². The van der Waals surface area contributed by atoms with Crippen LogP contribution in [-0.2, 0) is 0 Å². The number of aliphatic imine (C=N–C) groups is 1. The minimum Gasteiger partial charge on any atom is -0.262 e. The van der Waals surface area contributed by atoms with Crippen LogP contribution in [0.2, 0.25) is 0 Å². The third kappa shape index (κ3) is 2.34. The van der Waals surface area contributed by atoms with Gasteiger partial charge in [-0.25, -0.2) is 0 Å². The molecule has 1 aliphatic heterocycles. The summed E-state index contributed by atoms with van der Waals surface area (Å²) in [5, 5.41) is 0. The van der Waals surface area contributed by atoms with E-state index in [0.29, 0.717) is 0 Å². The summed E-state index contributed by atoms with van der Waals surface area (Å²) in [6.07, 6.45) is 5.20. The molecule has 0 radical (unpaired) electrons. The molecule has 0 amide bonds. The van der Waals surface area contributed by atoms with Crippen molar-refractivity contribution in [3.63, 3.8) is 0 Å². The summed E-state index contributed by atoms with van der Waals surface area (Å²) in [7, 11) is 0. The lowest BCUT2D eigenvalue weighted by Gasteiger charge is -2.48. The molecule has 98 valence electrons. The maximum Gasteiger partial charge on any atom is 0.0367 e. The molecule has 0 spiro atoms. The molecule has 0 aromatic carbocycles. The Bertz CT molecular complexity index is 347. The van der Waals surface area contributed by atoms with Gasteiger partial charge in [-0.2, -0.15) is 0 Å². The van der Waals surface area contributed by atoms with E-state index in [-0.39, 0.29) is 10.8 Å². The number of allylic oxidation sites excluding steroid dienone is 2. The smallest absolute Gasteiger partial charge is 0.0367 e. The van der Waals surface area contributed by atoms with Crippen LogP contribution in [0.5, 0.6) is 0 Å². The third-order valence-corrected chi connectivity index (χ3v) is 5.27. The van der Waals surface area contributed by atoms with Gasteiger partial charge in [-0.3, -0.25) is 4.99 Å². The fraction of sp³-hybridized carbons (Fsp3) is 0.812. The first-order valence-electron chi connectivity index (χ1n) is 7.01. The molecule has 0 fully saturated rings. The summed E-state index contributed by atoms with van der Waals surface area (Å²) < 4.78 is 0. The number of hydrogen-bond acceptors (Lipinski definition) is 1. The maximum atomic E-state index is 4.79. The monoisotopic (exact) mass is 235 g/mol. The topological polar surface area (TPSA) is 12.4 Å². The first-order valence-corrected chi connectivity index (χ1v) is 7.01. The third-order valence-electron chi connectivity index (χ3n) is 5.27. The molecule has 0 saturated heterocycles. The summed E-state index contributed by atoms with van der Waals surface area (Å²) >= 11 is 0. The summed E-state index contributed by atoms with van der Waals surface area (Å²) in [5.74, 6) is 0. The molecule has 0 saturated carbocycles. The zero-order valence-corrected chi connectivity index (χ0v) is 12.8. The van der Waals surface area contributed by atoms with E-state index in [1.54, 1.807) is 0 Å². The Morgan fingerprint density at radius 2 is 1.59 bits per heavy atom. The Morgan fingerprint density at radius 3 is 2.12 bits per heavy atom. The lowest BCUT2D eigenvalue weighted by Crippen LogP contribution is -2.44. The maximum absolute atomic E-state index is 4.79. The molecule has 0 aromatic heterocycles. The first-order chi connectivity index (χ1) is 7.77. The molecule has 0 aliphatic carbocycles. The molecule has 1 aliphatic rings. The Morgan fingerprint density at radius 1 is 1.00 bits per heavy atom. The van der Waals surface area contributed by atoms with Gasteiger partial charge in [0.1, 0.15) is 0 Å². The average Bonchev–Trinajstić information content (AvgIpc) is 2.25. The van der Waals surface area contributed by atoms with Crippen molar-refractivity contribution in [2.24, 2.45) is 15.8 Å². The molecule has 1 unspecified atom stereocenters. The molecule has 1 rings (SSSR count). The minimum absolute atomic E-state index is 0.228. The van der Waals surface area contributed by atoms with Gasteiger partial charge < -0.3 is 0 Å². The van der Waals surface area contributed by atoms with Crippen molar-refractivity contribution in [2.45, 2.75) is 74.1 Å². The molecule has 0 bridgehead atoms. The molecule has 1 heteroatoms. The highest BCUT2D eigenvalue weighted by Crippen LogP contribution is 2.52. The molecule has 0 aromatic rings. The van der Waals surface area contributed by atoms with Crippen molar-refractivity contribution in [1.82, 2.24) is 0 Å². The molecular weight excluding hydrogens is 206 g/mol. The van der Waals surface area contributed by atoms with Crippen LogP contribution in [0.25, 0.3) is 0 Å². The Balaban J connectivity index is 3.03. The normalized spacial score (nSPS) is 28.3. The highest BCUT2D eigenvalue weighted by atomic mass is 14.8. The van der Waals surface area contributed by atoms with E-state index in [0.717, 1.165) is 0 Å². The molecule has 17 heavy (non-hydrogen) atoms. The standard InChI is InChI=1S/C16H29N/c1-8-9-10-11-16(7)14(4)17-13(3)12(2)15(16,5)6/h8-11H2,1-7H3. The predicted molar refractivity (Wildman–Crippen MR) is 77.5 cm³/mol. The highest BCUT2D eigenvalue weighted by Gasteiger charge is 2.46. The van der Waals surface area contributed by atoms with Gasteiger partial charge in [0.05, 0.1) is 0 Å². The Labute approximate surface area is 107 Å². The summed E-state index contributed by atoms with van der Waals surface area (Å²) in [4.78, 5) is 4.79. The van der Waals surface area contributed by atoms with Gasteiger partial charge in [0.15, 0.2) is 0 Å². The highest BCUT2D eigenvalue weighted by molar-refractivity contribution is 5.90. The van der Waals surface area contributed by atoms with Crippen molar-refractivity contribution < 1.29 is 0 Å². The van der Waals surface area contributed by atoms with Gasteiger partial charge in [-0.15, -0.1) is 0 Å². The molecule has 1 atom stereocenters. The second-order valence-corrected chi connectivity index (χ2v) is 6.32. The quantitative estimate of drug-likeness (QED) is 0.581. The van der Waals surface area contributed by atoms with Crippen molar-refractivity contribution in [1.29, 1.82) is 0 Å². The SMILES string of the molecule is CCCCCC1(C)C(C)=NC(C)=C(C)C1(C)C. The average molecular weight is 235 g/mol. The van der Waals surface area contributed by atoms with Crippen molar-refractivity contribution in [2.75, 3.05) is 0 Å². The molecule has 0 N–H and O–H groups in total. The van der Waals surface area contributed by atoms with Crippen LogP contribution in [-0.4, -0.2) is 5.71 Å². The van der Waals surface area contributed by atoms with Crippen molar-refractivity contribution in [3.8, 4) is 0 Å². The van der Waals surface area contributed by atoms with Gasteiger partial charge in [-0.1, -0.05) is 47.0 Å². The summed E-state index contributed by atoms with van der Waals surface area (Å²) in [6, 6.07) is 0. The summed E-state index contributed by atoms with van der Waals surface area (Å²) in [6.45, 7) is 16.0. The van der Waals surface area contributed by atoms with E-state index in [4.69, 9.17) is 4.99 Å². The Kier molecular flexibility index (Phi) is 4.22. The fourth-order valence-corrected chi connectivity index (χ4v) is 3.00. The van der Waals surface area contributed by atoms with Crippen LogP contribution < -0.4 is 0 Å². The van der Waals surface area contributed by atoms with E-state index in [9.17, 15) is 0 Å². The van der Waals surface area contributed by atoms with Gasteiger partial charge >= 0.3 is 0 Å². The van der Waals surface area contributed by atoms with Gasteiger partial charge in [-0.05, 0) is 38.2 Å². The van der Waals surface area contributed by atoms with E-state index < -0.39 is 0 Å². The zero-order valence-electron chi connectivity index (χ0n) is 12.8. The van der Waals surface area contributed by atoms with Crippen LogP contribution in [0, 0.1) is 10.8 Å². The van der Waals surface area contributed by atoms with Crippen molar-refractivity contribution in [3.05, 3.63) is 11.3 Å². The Hall–Kier alpha value is -0.590.